The number of hydrogen-bond acceptors (Lipinski definition) is 4. The van der Waals surface area contributed by atoms with Crippen molar-refractivity contribution in [3.8, 4) is 5.88 Å². The molecule has 5 heteroatoms. The van der Waals surface area contributed by atoms with Crippen LogP contribution >= 0.6 is 0 Å². The Labute approximate surface area is 100 Å². The van der Waals surface area contributed by atoms with Crippen molar-refractivity contribution >= 4 is 5.91 Å². The molecule has 0 bridgehead atoms. The van der Waals surface area contributed by atoms with E-state index in [9.17, 15) is 4.79 Å². The maximum atomic E-state index is 11.1. The van der Waals surface area contributed by atoms with Crippen LogP contribution in [0.15, 0.2) is 12.1 Å². The molecule has 92 valence electrons. The first-order chi connectivity index (χ1) is 8.04. The van der Waals surface area contributed by atoms with Gasteiger partial charge in [0, 0.05) is 23.4 Å². The highest BCUT2D eigenvalue weighted by Crippen LogP contribution is 2.23. The minimum absolute atomic E-state index is 0.0972. The summed E-state index contributed by atoms with van der Waals surface area (Å²) in [6.45, 7) is 1.81. The van der Waals surface area contributed by atoms with Crippen LogP contribution in [0.3, 0.4) is 0 Å². The van der Waals surface area contributed by atoms with E-state index in [2.05, 4.69) is 4.98 Å². The first kappa shape index (κ1) is 11.9. The van der Waals surface area contributed by atoms with Crippen molar-refractivity contribution in [2.24, 2.45) is 11.5 Å². The molecule has 2 rings (SSSR count). The summed E-state index contributed by atoms with van der Waals surface area (Å²) in [5.41, 5.74) is 12.2. The molecule has 2 atom stereocenters. The molecule has 1 heterocycles. The molecular weight excluding hydrogens is 218 g/mol. The van der Waals surface area contributed by atoms with Gasteiger partial charge in [-0.2, -0.15) is 0 Å². The molecule has 1 aliphatic rings. The molecule has 4 N–H and O–H groups in total. The number of primary amides is 1. The van der Waals surface area contributed by atoms with Crippen LogP contribution in [0.5, 0.6) is 5.88 Å². The maximum Gasteiger partial charge on any atom is 0.248 e. The van der Waals surface area contributed by atoms with Crippen molar-refractivity contribution in [2.75, 3.05) is 0 Å². The van der Waals surface area contributed by atoms with Gasteiger partial charge in [-0.3, -0.25) is 4.79 Å². The Morgan fingerprint density at radius 1 is 1.47 bits per heavy atom. The van der Waals surface area contributed by atoms with Gasteiger partial charge in [0.05, 0.1) is 0 Å². The number of ether oxygens (including phenoxy) is 1. The van der Waals surface area contributed by atoms with Crippen molar-refractivity contribution in [2.45, 2.75) is 38.3 Å². The smallest absolute Gasteiger partial charge is 0.248 e. The molecule has 1 saturated carbocycles. The van der Waals surface area contributed by atoms with Gasteiger partial charge < -0.3 is 16.2 Å². The molecule has 0 saturated heterocycles. The summed E-state index contributed by atoms with van der Waals surface area (Å²) in [7, 11) is 0. The van der Waals surface area contributed by atoms with Crippen LogP contribution in [-0.2, 0) is 0 Å². The molecule has 17 heavy (non-hydrogen) atoms. The molecule has 1 aliphatic carbocycles. The Balaban J connectivity index is 2.12. The molecular formula is C12H17N3O2. The third-order valence-corrected chi connectivity index (χ3v) is 2.93. The number of carbonyl (C=O) groups excluding carboxylic acids is 1. The Hall–Kier alpha value is -1.62. The van der Waals surface area contributed by atoms with Gasteiger partial charge in [0.15, 0.2) is 0 Å². The molecule has 0 aromatic carbocycles. The van der Waals surface area contributed by atoms with Crippen LogP contribution in [0.4, 0.5) is 0 Å². The Bertz CT molecular complexity index is 434. The SMILES string of the molecule is Cc1cc(C(N)=O)cc(OC2CCC(N)C2)n1. The Morgan fingerprint density at radius 2 is 2.24 bits per heavy atom. The van der Waals surface area contributed by atoms with Crippen molar-refractivity contribution in [1.29, 1.82) is 0 Å². The lowest BCUT2D eigenvalue weighted by molar-refractivity contribution is 0.0999. The molecule has 1 aromatic heterocycles. The first-order valence-corrected chi connectivity index (χ1v) is 5.75. The minimum atomic E-state index is -0.469. The van der Waals surface area contributed by atoms with E-state index in [0.29, 0.717) is 11.4 Å². The van der Waals surface area contributed by atoms with E-state index in [0.717, 1.165) is 25.0 Å². The zero-order valence-corrected chi connectivity index (χ0v) is 9.85. The van der Waals surface area contributed by atoms with Crippen molar-refractivity contribution in [3.63, 3.8) is 0 Å². The van der Waals surface area contributed by atoms with E-state index in [1.54, 1.807) is 19.1 Å². The average Bonchev–Trinajstić information content (AvgIpc) is 2.63. The van der Waals surface area contributed by atoms with Crippen LogP contribution in [-0.4, -0.2) is 23.0 Å². The van der Waals surface area contributed by atoms with E-state index >= 15 is 0 Å². The lowest BCUT2D eigenvalue weighted by atomic mass is 10.2. The van der Waals surface area contributed by atoms with Gasteiger partial charge in [-0.05, 0) is 32.3 Å². The van der Waals surface area contributed by atoms with E-state index in [-0.39, 0.29) is 12.1 Å². The standard InChI is InChI=1S/C12H17N3O2/c1-7-4-8(12(14)16)5-11(15-7)17-10-3-2-9(13)6-10/h4-5,9-10H,2-3,6,13H2,1H3,(H2,14,16). The molecule has 0 radical (unpaired) electrons. The number of hydrogen-bond donors (Lipinski definition) is 2. The van der Waals surface area contributed by atoms with Gasteiger partial charge in [-0.25, -0.2) is 4.98 Å². The van der Waals surface area contributed by atoms with Crippen molar-refractivity contribution < 1.29 is 9.53 Å². The number of pyridine rings is 1. The summed E-state index contributed by atoms with van der Waals surface area (Å²) in [6, 6.07) is 3.44. The predicted molar refractivity (Wildman–Crippen MR) is 63.7 cm³/mol. The molecule has 0 aliphatic heterocycles. The molecule has 1 fully saturated rings. The molecule has 2 unspecified atom stereocenters. The second-order valence-electron chi connectivity index (χ2n) is 4.51. The molecule has 5 nitrogen and oxygen atoms in total. The molecule has 1 aromatic rings. The van der Waals surface area contributed by atoms with Gasteiger partial charge >= 0.3 is 0 Å². The van der Waals surface area contributed by atoms with Crippen LogP contribution in [0.1, 0.15) is 35.3 Å². The van der Waals surface area contributed by atoms with Crippen molar-refractivity contribution in [3.05, 3.63) is 23.4 Å². The largest absolute Gasteiger partial charge is 0.474 e. The summed E-state index contributed by atoms with van der Waals surface area (Å²) in [5.74, 6) is -0.0126. The number of aromatic nitrogens is 1. The average molecular weight is 235 g/mol. The van der Waals surface area contributed by atoms with Gasteiger partial charge in [0.1, 0.15) is 6.10 Å². The second kappa shape index (κ2) is 4.71. The number of rotatable bonds is 3. The zero-order chi connectivity index (χ0) is 12.4. The quantitative estimate of drug-likeness (QED) is 0.808. The van der Waals surface area contributed by atoms with Gasteiger partial charge in [0.2, 0.25) is 11.8 Å². The van der Waals surface area contributed by atoms with Gasteiger partial charge in [0.25, 0.3) is 0 Å². The number of aryl methyl sites for hydroxylation is 1. The Morgan fingerprint density at radius 3 is 2.82 bits per heavy atom. The van der Waals surface area contributed by atoms with E-state index in [1.165, 1.54) is 0 Å². The number of nitrogens with zero attached hydrogens (tertiary/aromatic N) is 1. The number of carbonyl (C=O) groups is 1. The lowest BCUT2D eigenvalue weighted by Gasteiger charge is -2.13. The fourth-order valence-electron chi connectivity index (χ4n) is 2.09. The highest BCUT2D eigenvalue weighted by atomic mass is 16.5. The summed E-state index contributed by atoms with van der Waals surface area (Å²) < 4.78 is 5.72. The summed E-state index contributed by atoms with van der Waals surface area (Å²) in [4.78, 5) is 15.3. The summed E-state index contributed by atoms with van der Waals surface area (Å²) >= 11 is 0. The first-order valence-electron chi connectivity index (χ1n) is 5.75. The third kappa shape index (κ3) is 2.94. The fraction of sp³-hybridized carbons (Fsp3) is 0.500. The number of amides is 1. The van der Waals surface area contributed by atoms with Crippen LogP contribution in [0, 0.1) is 6.92 Å². The summed E-state index contributed by atoms with van der Waals surface area (Å²) in [5, 5.41) is 0. The van der Waals surface area contributed by atoms with E-state index in [1.807, 2.05) is 0 Å². The van der Waals surface area contributed by atoms with Gasteiger partial charge in [-0.15, -0.1) is 0 Å². The topological polar surface area (TPSA) is 91.2 Å². The van der Waals surface area contributed by atoms with Gasteiger partial charge in [-0.1, -0.05) is 0 Å². The lowest BCUT2D eigenvalue weighted by Crippen LogP contribution is -2.20. The van der Waals surface area contributed by atoms with E-state index < -0.39 is 5.91 Å². The highest BCUT2D eigenvalue weighted by Gasteiger charge is 2.23. The molecule has 0 spiro atoms. The Kier molecular flexibility index (Phi) is 3.28. The fourth-order valence-corrected chi connectivity index (χ4v) is 2.09. The second-order valence-corrected chi connectivity index (χ2v) is 4.51. The number of nitrogens with two attached hydrogens (primary N) is 2. The van der Waals surface area contributed by atoms with Crippen LogP contribution < -0.4 is 16.2 Å². The normalized spacial score (nSPS) is 23.6. The van der Waals surface area contributed by atoms with Crippen LogP contribution in [0.25, 0.3) is 0 Å². The predicted octanol–water partition coefficient (Wildman–Crippen LogP) is 0.748. The maximum absolute atomic E-state index is 11.1. The minimum Gasteiger partial charge on any atom is -0.474 e. The van der Waals surface area contributed by atoms with E-state index in [4.69, 9.17) is 16.2 Å². The summed E-state index contributed by atoms with van der Waals surface area (Å²) in [6.07, 6.45) is 2.84. The molecule has 1 amide bonds. The van der Waals surface area contributed by atoms with Crippen LogP contribution in [0.2, 0.25) is 0 Å². The monoisotopic (exact) mass is 235 g/mol. The van der Waals surface area contributed by atoms with Crippen molar-refractivity contribution in [1.82, 2.24) is 4.98 Å². The zero-order valence-electron chi connectivity index (χ0n) is 9.85. The highest BCUT2D eigenvalue weighted by molar-refractivity contribution is 5.93. The third-order valence-electron chi connectivity index (χ3n) is 2.93.